The van der Waals surface area contributed by atoms with E-state index in [0.29, 0.717) is 6.04 Å². The summed E-state index contributed by atoms with van der Waals surface area (Å²) in [5.41, 5.74) is 0.770. The zero-order valence-electron chi connectivity index (χ0n) is 10.9. The van der Waals surface area contributed by atoms with Crippen molar-refractivity contribution in [3.8, 4) is 0 Å². The number of rotatable bonds is 2. The van der Waals surface area contributed by atoms with Gasteiger partial charge in [-0.2, -0.15) is 0 Å². The van der Waals surface area contributed by atoms with Crippen LogP contribution in [0.1, 0.15) is 23.2 Å². The number of aromatic nitrogens is 2. The predicted molar refractivity (Wildman–Crippen MR) is 67.8 cm³/mol. The van der Waals surface area contributed by atoms with E-state index in [-0.39, 0.29) is 5.82 Å². The van der Waals surface area contributed by atoms with Crippen LogP contribution in [0.3, 0.4) is 0 Å². The van der Waals surface area contributed by atoms with Crippen molar-refractivity contribution in [3.63, 3.8) is 0 Å². The van der Waals surface area contributed by atoms with Gasteiger partial charge >= 0.3 is 5.97 Å². The number of hydrogen-bond donors (Lipinski definition) is 1. The van der Waals surface area contributed by atoms with Crippen molar-refractivity contribution < 1.29 is 9.53 Å². The second kappa shape index (κ2) is 5.30. The van der Waals surface area contributed by atoms with Crippen LogP contribution < -0.4 is 10.2 Å². The number of nitrogens with zero attached hydrogens (tertiary/aromatic N) is 3. The van der Waals surface area contributed by atoms with E-state index >= 15 is 0 Å². The third kappa shape index (κ3) is 2.76. The summed E-state index contributed by atoms with van der Waals surface area (Å²) in [6.07, 6.45) is 0. The van der Waals surface area contributed by atoms with Crippen LogP contribution in [0.5, 0.6) is 0 Å². The van der Waals surface area contributed by atoms with Gasteiger partial charge in [-0.3, -0.25) is 0 Å². The van der Waals surface area contributed by atoms with E-state index in [1.807, 2.05) is 13.0 Å². The van der Waals surface area contributed by atoms with Gasteiger partial charge in [0.1, 0.15) is 5.82 Å². The van der Waals surface area contributed by atoms with Gasteiger partial charge in [0.2, 0.25) is 5.82 Å². The van der Waals surface area contributed by atoms with E-state index in [0.717, 1.165) is 31.1 Å². The highest BCUT2D eigenvalue weighted by molar-refractivity contribution is 5.85. The third-order valence-electron chi connectivity index (χ3n) is 2.90. The Morgan fingerprint density at radius 2 is 2.33 bits per heavy atom. The number of nitrogens with one attached hydrogen (secondary N) is 1. The lowest BCUT2D eigenvalue weighted by Gasteiger charge is -2.32. The molecule has 1 saturated heterocycles. The molecule has 0 radical (unpaired) electrons. The summed E-state index contributed by atoms with van der Waals surface area (Å²) >= 11 is 0. The summed E-state index contributed by atoms with van der Waals surface area (Å²) in [5, 5.41) is 3.37. The Hall–Kier alpha value is -1.69. The van der Waals surface area contributed by atoms with E-state index in [4.69, 9.17) is 0 Å². The summed E-state index contributed by atoms with van der Waals surface area (Å²) in [7, 11) is 1.33. The fourth-order valence-corrected chi connectivity index (χ4v) is 2.04. The van der Waals surface area contributed by atoms with Crippen molar-refractivity contribution in [3.05, 3.63) is 17.6 Å². The van der Waals surface area contributed by atoms with Gasteiger partial charge in [-0.05, 0) is 13.8 Å². The Balaban J connectivity index is 2.27. The molecule has 0 aliphatic carbocycles. The maximum absolute atomic E-state index is 11.5. The number of carbonyl (C=O) groups is 1. The fourth-order valence-electron chi connectivity index (χ4n) is 2.04. The number of hydrogen-bond acceptors (Lipinski definition) is 6. The average Bonchev–Trinajstić information content (AvgIpc) is 2.37. The molecule has 2 rings (SSSR count). The van der Waals surface area contributed by atoms with Gasteiger partial charge in [0.05, 0.1) is 7.11 Å². The molecule has 1 aliphatic heterocycles. The molecule has 1 unspecified atom stereocenters. The summed E-state index contributed by atoms with van der Waals surface area (Å²) in [6, 6.07) is 2.31. The van der Waals surface area contributed by atoms with Crippen LogP contribution in [0.15, 0.2) is 6.07 Å². The van der Waals surface area contributed by atoms with Gasteiger partial charge in [0.25, 0.3) is 0 Å². The number of piperazine rings is 1. The minimum absolute atomic E-state index is 0.124. The first-order valence-corrected chi connectivity index (χ1v) is 6.02. The molecule has 0 spiro atoms. The monoisotopic (exact) mass is 250 g/mol. The first kappa shape index (κ1) is 12.8. The maximum atomic E-state index is 11.5. The molecule has 1 aromatic rings. The van der Waals surface area contributed by atoms with E-state index in [2.05, 4.69) is 31.8 Å². The summed E-state index contributed by atoms with van der Waals surface area (Å²) in [4.78, 5) is 22.0. The number of aryl methyl sites for hydroxylation is 1. The molecule has 0 aromatic carbocycles. The zero-order chi connectivity index (χ0) is 13.1. The Bertz CT molecular complexity index is 450. The smallest absolute Gasteiger partial charge is 0.376 e. The number of methoxy groups -OCH3 is 1. The Kier molecular flexibility index (Phi) is 3.76. The number of anilines is 1. The molecule has 1 aliphatic rings. The first-order valence-electron chi connectivity index (χ1n) is 6.02. The molecule has 0 bridgehead atoms. The molecule has 1 atom stereocenters. The van der Waals surface area contributed by atoms with Crippen LogP contribution in [0.2, 0.25) is 0 Å². The van der Waals surface area contributed by atoms with Crippen LogP contribution in [-0.4, -0.2) is 48.7 Å². The van der Waals surface area contributed by atoms with Crippen LogP contribution in [0.25, 0.3) is 0 Å². The molecular weight excluding hydrogens is 232 g/mol. The van der Waals surface area contributed by atoms with Gasteiger partial charge in [0.15, 0.2) is 0 Å². The van der Waals surface area contributed by atoms with Crippen LogP contribution in [0, 0.1) is 6.92 Å². The molecule has 1 fully saturated rings. The maximum Gasteiger partial charge on any atom is 0.376 e. The minimum Gasteiger partial charge on any atom is -0.463 e. The average molecular weight is 250 g/mol. The summed E-state index contributed by atoms with van der Waals surface area (Å²) in [6.45, 7) is 6.64. The van der Waals surface area contributed by atoms with E-state index in [1.54, 1.807) is 0 Å². The number of esters is 1. The largest absolute Gasteiger partial charge is 0.463 e. The molecular formula is C12H18N4O2. The summed E-state index contributed by atoms with van der Waals surface area (Å²) in [5.74, 6) is 0.415. The van der Waals surface area contributed by atoms with E-state index < -0.39 is 5.97 Å². The lowest BCUT2D eigenvalue weighted by molar-refractivity contribution is 0.0586. The Labute approximate surface area is 106 Å². The van der Waals surface area contributed by atoms with Crippen molar-refractivity contribution >= 4 is 11.8 Å². The van der Waals surface area contributed by atoms with E-state index in [9.17, 15) is 4.79 Å². The molecule has 1 N–H and O–H groups in total. The van der Waals surface area contributed by atoms with Gasteiger partial charge in [-0.25, -0.2) is 14.8 Å². The molecule has 1 aromatic heterocycles. The Morgan fingerprint density at radius 1 is 1.56 bits per heavy atom. The number of carbonyl (C=O) groups excluding carboxylic acids is 1. The molecule has 2 heterocycles. The van der Waals surface area contributed by atoms with Crippen molar-refractivity contribution in [1.29, 1.82) is 0 Å². The van der Waals surface area contributed by atoms with Crippen molar-refractivity contribution in [1.82, 2.24) is 15.3 Å². The fraction of sp³-hybridized carbons (Fsp3) is 0.583. The molecule has 0 amide bonds. The third-order valence-corrected chi connectivity index (χ3v) is 2.90. The lowest BCUT2D eigenvalue weighted by atomic mass is 10.2. The van der Waals surface area contributed by atoms with Gasteiger partial charge < -0.3 is 15.0 Å². The highest BCUT2D eigenvalue weighted by Crippen LogP contribution is 2.15. The summed E-state index contributed by atoms with van der Waals surface area (Å²) < 4.78 is 4.66. The highest BCUT2D eigenvalue weighted by atomic mass is 16.5. The lowest BCUT2D eigenvalue weighted by Crippen LogP contribution is -2.49. The Morgan fingerprint density at radius 3 is 3.00 bits per heavy atom. The van der Waals surface area contributed by atoms with Crippen molar-refractivity contribution in [2.75, 3.05) is 31.6 Å². The zero-order valence-corrected chi connectivity index (χ0v) is 10.9. The van der Waals surface area contributed by atoms with Gasteiger partial charge in [-0.15, -0.1) is 0 Å². The van der Waals surface area contributed by atoms with Crippen LogP contribution in [-0.2, 0) is 4.74 Å². The van der Waals surface area contributed by atoms with E-state index in [1.165, 1.54) is 7.11 Å². The molecule has 6 nitrogen and oxygen atoms in total. The van der Waals surface area contributed by atoms with Crippen LogP contribution >= 0.6 is 0 Å². The molecule has 18 heavy (non-hydrogen) atoms. The molecule has 0 saturated carbocycles. The second-order valence-corrected chi connectivity index (χ2v) is 4.48. The SMILES string of the molecule is COC(=O)c1nc(C)cc(N2CCNC(C)C2)n1. The predicted octanol–water partition coefficient (Wildman–Crippen LogP) is 0.370. The molecule has 98 valence electrons. The topological polar surface area (TPSA) is 67.3 Å². The van der Waals surface area contributed by atoms with Gasteiger partial charge in [-0.1, -0.05) is 0 Å². The van der Waals surface area contributed by atoms with Crippen molar-refractivity contribution in [2.24, 2.45) is 0 Å². The quantitative estimate of drug-likeness (QED) is 0.765. The minimum atomic E-state index is -0.497. The van der Waals surface area contributed by atoms with Gasteiger partial charge in [0, 0.05) is 37.4 Å². The first-order chi connectivity index (χ1) is 8.60. The highest BCUT2D eigenvalue weighted by Gasteiger charge is 2.19. The standard InChI is InChI=1S/C12H18N4O2/c1-8-6-10(15-11(14-8)12(17)18-3)16-5-4-13-9(2)7-16/h6,9,13H,4-5,7H2,1-3H3. The number of ether oxygens (including phenoxy) is 1. The van der Waals surface area contributed by atoms with Crippen LogP contribution in [0.4, 0.5) is 5.82 Å². The second-order valence-electron chi connectivity index (χ2n) is 4.48. The molecule has 6 heteroatoms. The normalized spacial score (nSPS) is 19.7. The van der Waals surface area contributed by atoms with Crippen molar-refractivity contribution in [2.45, 2.75) is 19.9 Å².